The number of aromatic nitrogens is 3. The molecule has 0 fully saturated rings. The zero-order valence-corrected chi connectivity index (χ0v) is 15.1. The maximum absolute atomic E-state index is 8.78. The minimum Gasteiger partial charge on any atom is -0.493 e. The highest BCUT2D eigenvalue weighted by Crippen LogP contribution is 2.28. The molecule has 0 saturated carbocycles. The maximum Gasteiger partial charge on any atom is 0.191 e. The van der Waals surface area contributed by atoms with Crippen LogP contribution in [-0.4, -0.2) is 27.1 Å². The van der Waals surface area contributed by atoms with E-state index in [1.54, 1.807) is 36.0 Å². The summed E-state index contributed by atoms with van der Waals surface area (Å²) in [4.78, 5) is 0. The zero-order valence-electron chi connectivity index (χ0n) is 13.5. The Morgan fingerprint density at radius 3 is 2.64 bits per heavy atom. The molecular formula is C18H15ClN4OS. The van der Waals surface area contributed by atoms with Gasteiger partial charge < -0.3 is 9.30 Å². The molecular weight excluding hydrogens is 356 g/mol. The van der Waals surface area contributed by atoms with Crippen LogP contribution in [0.4, 0.5) is 0 Å². The smallest absolute Gasteiger partial charge is 0.191 e. The summed E-state index contributed by atoms with van der Waals surface area (Å²) in [7, 11) is 1.92. The molecule has 0 aliphatic rings. The Hall–Kier alpha value is -2.49. The number of rotatable bonds is 6. The Morgan fingerprint density at radius 1 is 1.16 bits per heavy atom. The van der Waals surface area contributed by atoms with Gasteiger partial charge >= 0.3 is 0 Å². The molecule has 3 rings (SSSR count). The summed E-state index contributed by atoms with van der Waals surface area (Å²) in [5.41, 5.74) is 1.48. The van der Waals surface area contributed by atoms with Crippen molar-refractivity contribution in [2.75, 3.05) is 12.4 Å². The Bertz CT molecular complexity index is 902. The Kier molecular flexibility index (Phi) is 5.59. The van der Waals surface area contributed by atoms with Gasteiger partial charge in [-0.1, -0.05) is 35.5 Å². The quantitative estimate of drug-likeness (QED) is 0.481. The van der Waals surface area contributed by atoms with E-state index >= 15 is 0 Å². The van der Waals surface area contributed by atoms with Crippen molar-refractivity contribution in [1.82, 2.24) is 14.8 Å². The van der Waals surface area contributed by atoms with E-state index in [1.165, 1.54) is 0 Å². The van der Waals surface area contributed by atoms with Crippen LogP contribution in [0, 0.1) is 11.3 Å². The number of nitriles is 1. The number of halogens is 1. The fourth-order valence-electron chi connectivity index (χ4n) is 2.24. The van der Waals surface area contributed by atoms with Crippen molar-refractivity contribution in [3.8, 4) is 23.2 Å². The summed E-state index contributed by atoms with van der Waals surface area (Å²) in [6.07, 6.45) is 0. The summed E-state index contributed by atoms with van der Waals surface area (Å²) in [5.74, 6) is 2.21. The van der Waals surface area contributed by atoms with Gasteiger partial charge in [0, 0.05) is 18.4 Å². The van der Waals surface area contributed by atoms with Crippen LogP contribution in [0.2, 0.25) is 5.02 Å². The molecule has 126 valence electrons. The van der Waals surface area contributed by atoms with Crippen molar-refractivity contribution in [1.29, 1.82) is 5.26 Å². The molecule has 0 N–H and O–H groups in total. The van der Waals surface area contributed by atoms with E-state index in [0.29, 0.717) is 17.2 Å². The van der Waals surface area contributed by atoms with Gasteiger partial charge in [-0.05, 0) is 36.4 Å². The molecule has 0 atom stereocenters. The van der Waals surface area contributed by atoms with Crippen LogP contribution in [0.25, 0.3) is 11.4 Å². The van der Waals surface area contributed by atoms with Crippen LogP contribution >= 0.6 is 23.4 Å². The van der Waals surface area contributed by atoms with Crippen molar-refractivity contribution >= 4 is 23.4 Å². The molecule has 7 heteroatoms. The van der Waals surface area contributed by atoms with Crippen LogP contribution in [0.1, 0.15) is 5.56 Å². The lowest BCUT2D eigenvalue weighted by Crippen LogP contribution is -2.02. The first-order valence-corrected chi connectivity index (χ1v) is 8.95. The topological polar surface area (TPSA) is 63.7 Å². The summed E-state index contributed by atoms with van der Waals surface area (Å²) >= 11 is 7.79. The summed E-state index contributed by atoms with van der Waals surface area (Å²) in [6, 6.07) is 16.7. The maximum atomic E-state index is 8.78. The number of benzene rings is 2. The van der Waals surface area contributed by atoms with Gasteiger partial charge in [0.2, 0.25) is 0 Å². The lowest BCUT2D eigenvalue weighted by atomic mass is 10.2. The number of nitrogens with zero attached hydrogens (tertiary/aromatic N) is 4. The average Bonchev–Trinajstić information content (AvgIpc) is 3.00. The fraction of sp³-hybridized carbons (Fsp3) is 0.167. The van der Waals surface area contributed by atoms with Crippen molar-refractivity contribution in [2.45, 2.75) is 5.16 Å². The second-order valence-electron chi connectivity index (χ2n) is 5.18. The minimum absolute atomic E-state index is 0.533. The third-order valence-electron chi connectivity index (χ3n) is 3.52. The van der Waals surface area contributed by atoms with Crippen molar-refractivity contribution in [3.05, 3.63) is 59.1 Å². The standard InChI is InChI=1S/C18H15ClN4OS/c1-23-17(15-4-2-3-5-16(15)19)21-22-18(23)25-11-10-24-14-8-6-13(12-20)7-9-14/h2-9H,10-11H2,1H3. The molecule has 1 aromatic heterocycles. The molecule has 0 unspecified atom stereocenters. The normalized spacial score (nSPS) is 10.4. The van der Waals surface area contributed by atoms with E-state index in [-0.39, 0.29) is 0 Å². The van der Waals surface area contributed by atoms with Gasteiger partial charge in [0.05, 0.1) is 23.3 Å². The van der Waals surface area contributed by atoms with Gasteiger partial charge in [-0.25, -0.2) is 0 Å². The molecule has 0 spiro atoms. The zero-order chi connectivity index (χ0) is 17.6. The highest BCUT2D eigenvalue weighted by atomic mass is 35.5. The van der Waals surface area contributed by atoms with Crippen molar-refractivity contribution in [3.63, 3.8) is 0 Å². The summed E-state index contributed by atoms with van der Waals surface area (Å²) in [5, 5.41) is 18.7. The SMILES string of the molecule is Cn1c(SCCOc2ccc(C#N)cc2)nnc1-c1ccccc1Cl. The van der Waals surface area contributed by atoms with Gasteiger partial charge in [0.1, 0.15) is 5.75 Å². The molecule has 0 aliphatic carbocycles. The Balaban J connectivity index is 1.57. The lowest BCUT2D eigenvalue weighted by molar-refractivity contribution is 0.344. The van der Waals surface area contributed by atoms with E-state index < -0.39 is 0 Å². The summed E-state index contributed by atoms with van der Waals surface area (Å²) < 4.78 is 7.59. The van der Waals surface area contributed by atoms with E-state index in [1.807, 2.05) is 35.9 Å². The third-order valence-corrected chi connectivity index (χ3v) is 4.83. The Labute approximate surface area is 155 Å². The molecule has 3 aromatic rings. The molecule has 0 amide bonds. The first kappa shape index (κ1) is 17.3. The van der Waals surface area contributed by atoms with E-state index in [0.717, 1.165) is 28.0 Å². The molecule has 0 aliphatic heterocycles. The highest BCUT2D eigenvalue weighted by Gasteiger charge is 2.13. The second kappa shape index (κ2) is 8.06. The summed E-state index contributed by atoms with van der Waals surface area (Å²) in [6.45, 7) is 0.533. The first-order valence-electron chi connectivity index (χ1n) is 7.59. The van der Waals surface area contributed by atoms with Crippen molar-refractivity contribution in [2.24, 2.45) is 7.05 Å². The van der Waals surface area contributed by atoms with Gasteiger partial charge in [-0.15, -0.1) is 10.2 Å². The van der Waals surface area contributed by atoms with Crippen LogP contribution in [0.3, 0.4) is 0 Å². The van der Waals surface area contributed by atoms with Gasteiger partial charge in [-0.3, -0.25) is 0 Å². The van der Waals surface area contributed by atoms with Gasteiger partial charge in [0.25, 0.3) is 0 Å². The Morgan fingerprint density at radius 2 is 1.92 bits per heavy atom. The molecule has 0 radical (unpaired) electrons. The lowest BCUT2D eigenvalue weighted by Gasteiger charge is -2.07. The van der Waals surface area contributed by atoms with Crippen LogP contribution in [-0.2, 0) is 7.05 Å². The number of hydrogen-bond donors (Lipinski definition) is 0. The van der Waals surface area contributed by atoms with Crippen LogP contribution in [0.15, 0.2) is 53.7 Å². The van der Waals surface area contributed by atoms with Crippen LogP contribution < -0.4 is 4.74 Å². The molecule has 25 heavy (non-hydrogen) atoms. The third kappa shape index (κ3) is 4.13. The largest absolute Gasteiger partial charge is 0.493 e. The fourth-order valence-corrected chi connectivity index (χ4v) is 3.18. The molecule has 0 bridgehead atoms. The van der Waals surface area contributed by atoms with Gasteiger partial charge in [0.15, 0.2) is 11.0 Å². The van der Waals surface area contributed by atoms with Crippen molar-refractivity contribution < 1.29 is 4.74 Å². The first-order chi connectivity index (χ1) is 12.2. The highest BCUT2D eigenvalue weighted by molar-refractivity contribution is 7.99. The molecule has 0 saturated heterocycles. The monoisotopic (exact) mass is 370 g/mol. The molecule has 2 aromatic carbocycles. The van der Waals surface area contributed by atoms with Crippen LogP contribution in [0.5, 0.6) is 5.75 Å². The number of thioether (sulfide) groups is 1. The predicted molar refractivity (Wildman–Crippen MR) is 98.8 cm³/mol. The van der Waals surface area contributed by atoms with Gasteiger partial charge in [-0.2, -0.15) is 5.26 Å². The minimum atomic E-state index is 0.533. The second-order valence-corrected chi connectivity index (χ2v) is 6.65. The number of hydrogen-bond acceptors (Lipinski definition) is 5. The average molecular weight is 371 g/mol. The number of ether oxygens (including phenoxy) is 1. The molecule has 5 nitrogen and oxygen atoms in total. The van der Waals surface area contributed by atoms with E-state index in [2.05, 4.69) is 16.3 Å². The van der Waals surface area contributed by atoms with E-state index in [4.69, 9.17) is 21.6 Å². The predicted octanol–water partition coefficient (Wildman–Crippen LogP) is 4.18. The van der Waals surface area contributed by atoms with E-state index in [9.17, 15) is 0 Å². The molecule has 1 heterocycles.